The molecule has 0 bridgehead atoms. The molecule has 0 aliphatic carbocycles. The Bertz CT molecular complexity index is 907. The lowest BCUT2D eigenvalue weighted by atomic mass is 10.2. The number of carbonyl (C=O) groups is 2. The van der Waals surface area contributed by atoms with E-state index in [-0.39, 0.29) is 24.0 Å². The first-order chi connectivity index (χ1) is 13.1. The van der Waals surface area contributed by atoms with Crippen molar-refractivity contribution in [3.8, 4) is 11.3 Å². The minimum absolute atomic E-state index is 0.0140. The largest absolute Gasteiger partial charge is 0.458 e. The predicted octanol–water partition coefficient (Wildman–Crippen LogP) is 3.05. The van der Waals surface area contributed by atoms with E-state index in [0.717, 1.165) is 17.3 Å². The van der Waals surface area contributed by atoms with Crippen LogP contribution in [-0.4, -0.2) is 33.7 Å². The van der Waals surface area contributed by atoms with E-state index in [4.69, 9.17) is 13.8 Å². The van der Waals surface area contributed by atoms with E-state index in [1.165, 1.54) is 0 Å². The average molecular weight is 387 g/mol. The maximum absolute atomic E-state index is 11.8. The molecule has 2 aromatic heterocycles. The lowest BCUT2D eigenvalue weighted by Crippen LogP contribution is -2.16. The SMILES string of the molecule is Cc1cc(NC(=O)CSCC(=O)OCc2cc(-c3ccccc3)on2)no1. The topological polar surface area (TPSA) is 107 Å². The Morgan fingerprint density at radius 1 is 1.11 bits per heavy atom. The van der Waals surface area contributed by atoms with E-state index in [1.54, 1.807) is 19.1 Å². The molecule has 0 aliphatic heterocycles. The first-order valence-electron chi connectivity index (χ1n) is 8.08. The molecule has 0 radical (unpaired) electrons. The minimum Gasteiger partial charge on any atom is -0.458 e. The highest BCUT2D eigenvalue weighted by atomic mass is 32.2. The summed E-state index contributed by atoms with van der Waals surface area (Å²) in [4.78, 5) is 23.5. The number of nitrogens with zero attached hydrogens (tertiary/aromatic N) is 2. The molecular formula is C18H17N3O5S. The summed E-state index contributed by atoms with van der Waals surface area (Å²) in [6, 6.07) is 12.8. The van der Waals surface area contributed by atoms with Crippen molar-refractivity contribution in [1.29, 1.82) is 0 Å². The van der Waals surface area contributed by atoms with Gasteiger partial charge in [0.1, 0.15) is 18.1 Å². The molecule has 0 spiro atoms. The van der Waals surface area contributed by atoms with Crippen LogP contribution in [0.25, 0.3) is 11.3 Å². The molecule has 3 rings (SSSR count). The third-order valence-corrected chi connectivity index (χ3v) is 4.25. The number of hydrogen-bond acceptors (Lipinski definition) is 8. The highest BCUT2D eigenvalue weighted by molar-refractivity contribution is 8.00. The van der Waals surface area contributed by atoms with Crippen LogP contribution in [0.4, 0.5) is 5.82 Å². The normalized spacial score (nSPS) is 10.6. The Hall–Kier alpha value is -3.07. The van der Waals surface area contributed by atoms with Crippen LogP contribution in [-0.2, 0) is 20.9 Å². The summed E-state index contributed by atoms with van der Waals surface area (Å²) in [5, 5.41) is 10.1. The van der Waals surface area contributed by atoms with Crippen molar-refractivity contribution in [3.05, 3.63) is 53.9 Å². The third kappa shape index (κ3) is 5.71. The van der Waals surface area contributed by atoms with Crippen LogP contribution in [0.1, 0.15) is 11.5 Å². The number of aromatic nitrogens is 2. The zero-order valence-corrected chi connectivity index (χ0v) is 15.3. The van der Waals surface area contributed by atoms with Gasteiger partial charge in [0.15, 0.2) is 11.6 Å². The van der Waals surface area contributed by atoms with Gasteiger partial charge in [-0.3, -0.25) is 9.59 Å². The Morgan fingerprint density at radius 3 is 2.67 bits per heavy atom. The lowest BCUT2D eigenvalue weighted by Gasteiger charge is -2.03. The minimum atomic E-state index is -0.436. The molecule has 0 saturated heterocycles. The molecule has 1 aromatic carbocycles. The number of aryl methyl sites for hydroxylation is 1. The van der Waals surface area contributed by atoms with Crippen molar-refractivity contribution in [3.63, 3.8) is 0 Å². The fraction of sp³-hybridized carbons (Fsp3) is 0.222. The number of benzene rings is 1. The van der Waals surface area contributed by atoms with Gasteiger partial charge in [-0.2, -0.15) is 0 Å². The molecule has 1 amide bonds. The summed E-state index contributed by atoms with van der Waals surface area (Å²) in [5.41, 5.74) is 1.41. The summed E-state index contributed by atoms with van der Waals surface area (Å²) in [6.45, 7) is 1.74. The number of nitrogens with one attached hydrogen (secondary N) is 1. The van der Waals surface area contributed by atoms with Crippen molar-refractivity contribution in [1.82, 2.24) is 10.3 Å². The number of esters is 1. The van der Waals surface area contributed by atoms with E-state index < -0.39 is 5.97 Å². The van der Waals surface area contributed by atoms with Crippen molar-refractivity contribution >= 4 is 29.5 Å². The number of hydrogen-bond donors (Lipinski definition) is 1. The van der Waals surface area contributed by atoms with Gasteiger partial charge in [0.2, 0.25) is 5.91 Å². The first kappa shape index (κ1) is 18.7. The standard InChI is InChI=1S/C18H17N3O5S/c1-12-7-16(21-25-12)19-17(22)10-27-11-18(23)24-9-14-8-15(26-20-14)13-5-3-2-4-6-13/h2-8H,9-11H2,1H3,(H,19,21,22). The Balaban J connectivity index is 1.36. The van der Waals surface area contributed by atoms with Gasteiger partial charge in [-0.25, -0.2) is 0 Å². The van der Waals surface area contributed by atoms with E-state index in [0.29, 0.717) is 23.0 Å². The molecule has 2 heterocycles. The second-order valence-electron chi connectivity index (χ2n) is 5.57. The van der Waals surface area contributed by atoms with Crippen LogP contribution in [0, 0.1) is 6.92 Å². The molecule has 0 fully saturated rings. The zero-order valence-electron chi connectivity index (χ0n) is 14.5. The highest BCUT2D eigenvalue weighted by Gasteiger charge is 2.11. The third-order valence-electron chi connectivity index (χ3n) is 3.35. The maximum atomic E-state index is 11.8. The van der Waals surface area contributed by atoms with Gasteiger partial charge >= 0.3 is 5.97 Å². The van der Waals surface area contributed by atoms with Gasteiger partial charge in [-0.15, -0.1) is 11.8 Å². The monoisotopic (exact) mass is 387 g/mol. The molecule has 1 N–H and O–H groups in total. The highest BCUT2D eigenvalue weighted by Crippen LogP contribution is 2.20. The van der Waals surface area contributed by atoms with E-state index in [2.05, 4.69) is 15.6 Å². The lowest BCUT2D eigenvalue weighted by molar-refractivity contribution is -0.141. The summed E-state index contributed by atoms with van der Waals surface area (Å²) in [7, 11) is 0. The molecule has 0 unspecified atom stereocenters. The predicted molar refractivity (Wildman–Crippen MR) is 98.9 cm³/mol. The molecule has 0 atom stereocenters. The molecular weight excluding hydrogens is 370 g/mol. The van der Waals surface area contributed by atoms with Crippen LogP contribution in [0.15, 0.2) is 51.5 Å². The number of thioether (sulfide) groups is 1. The smallest absolute Gasteiger partial charge is 0.316 e. The van der Waals surface area contributed by atoms with E-state index >= 15 is 0 Å². The van der Waals surface area contributed by atoms with Gasteiger partial charge < -0.3 is 19.1 Å². The Morgan fingerprint density at radius 2 is 1.93 bits per heavy atom. The van der Waals surface area contributed by atoms with Crippen LogP contribution in [0.5, 0.6) is 0 Å². The van der Waals surface area contributed by atoms with Gasteiger partial charge in [-0.05, 0) is 6.92 Å². The molecule has 8 nitrogen and oxygen atoms in total. The maximum Gasteiger partial charge on any atom is 0.316 e. The molecule has 0 aliphatic rings. The molecule has 140 valence electrons. The fourth-order valence-electron chi connectivity index (χ4n) is 2.15. The average Bonchev–Trinajstić information content (AvgIpc) is 3.30. The molecule has 9 heteroatoms. The van der Waals surface area contributed by atoms with E-state index in [1.807, 2.05) is 30.3 Å². The number of amides is 1. The molecule has 3 aromatic rings. The van der Waals surface area contributed by atoms with Crippen LogP contribution in [0.2, 0.25) is 0 Å². The fourth-order valence-corrected chi connectivity index (χ4v) is 2.76. The van der Waals surface area contributed by atoms with Crippen molar-refractivity contribution in [2.45, 2.75) is 13.5 Å². The Labute approximate surface area is 159 Å². The van der Waals surface area contributed by atoms with Gasteiger partial charge in [0.25, 0.3) is 0 Å². The summed E-state index contributed by atoms with van der Waals surface area (Å²) in [6.07, 6.45) is 0. The summed E-state index contributed by atoms with van der Waals surface area (Å²) >= 11 is 1.14. The number of rotatable bonds is 8. The Kier molecular flexibility index (Phi) is 6.26. The molecule has 0 saturated carbocycles. The van der Waals surface area contributed by atoms with Gasteiger partial charge in [0, 0.05) is 17.7 Å². The first-order valence-corrected chi connectivity index (χ1v) is 9.23. The van der Waals surface area contributed by atoms with Crippen molar-refractivity contribution in [2.24, 2.45) is 0 Å². The summed E-state index contributed by atoms with van der Waals surface area (Å²) in [5.74, 6) is 0.999. The number of carbonyl (C=O) groups excluding carboxylic acids is 2. The second kappa shape index (κ2) is 9.04. The second-order valence-corrected chi connectivity index (χ2v) is 6.56. The molecule has 27 heavy (non-hydrogen) atoms. The summed E-state index contributed by atoms with van der Waals surface area (Å²) < 4.78 is 15.2. The zero-order chi connectivity index (χ0) is 19.1. The van der Waals surface area contributed by atoms with Crippen molar-refractivity contribution < 1.29 is 23.4 Å². The van der Waals surface area contributed by atoms with Gasteiger partial charge in [-0.1, -0.05) is 40.6 Å². The van der Waals surface area contributed by atoms with Crippen LogP contribution in [0.3, 0.4) is 0 Å². The number of ether oxygens (including phenoxy) is 1. The van der Waals surface area contributed by atoms with E-state index in [9.17, 15) is 9.59 Å². The number of anilines is 1. The van der Waals surface area contributed by atoms with Crippen LogP contribution >= 0.6 is 11.8 Å². The quantitative estimate of drug-likeness (QED) is 0.588. The van der Waals surface area contributed by atoms with Gasteiger partial charge in [0.05, 0.1) is 11.5 Å². The van der Waals surface area contributed by atoms with Crippen molar-refractivity contribution in [2.75, 3.05) is 16.8 Å². The van der Waals surface area contributed by atoms with Crippen LogP contribution < -0.4 is 5.32 Å².